The summed E-state index contributed by atoms with van der Waals surface area (Å²) in [5, 5.41) is 0. The average molecular weight is 200 g/mol. The molecule has 0 aliphatic rings. The number of unbranched alkanes of at least 4 members (excludes halogenated alkanes) is 8. The summed E-state index contributed by atoms with van der Waals surface area (Å²) in [5.41, 5.74) is 0. The van der Waals surface area contributed by atoms with Crippen LogP contribution < -0.4 is 0 Å². The van der Waals surface area contributed by atoms with Crippen molar-refractivity contribution in [3.05, 3.63) is 0 Å². The molecule has 0 aromatic carbocycles. The minimum Gasteiger partial charge on any atom is -0.0748 e. The summed E-state index contributed by atoms with van der Waals surface area (Å²) >= 11 is 0. The van der Waals surface area contributed by atoms with Gasteiger partial charge in [-0.25, -0.2) is 0 Å². The smallest absolute Gasteiger partial charge is 0.0166 e. The Morgan fingerprint density at radius 2 is 1.15 bits per heavy atom. The van der Waals surface area contributed by atoms with E-state index in [1.54, 1.807) is 6.04 Å². The van der Waals surface area contributed by atoms with Crippen LogP contribution >= 0.6 is 0 Å². The molecule has 0 heterocycles. The minimum absolute atomic E-state index is 0.363. The third-order valence-corrected chi connectivity index (χ3v) is 3.91. The lowest BCUT2D eigenvalue weighted by Crippen LogP contribution is -1.83. The average Bonchev–Trinajstić information content (AvgIpc) is 2.16. The van der Waals surface area contributed by atoms with E-state index < -0.39 is 0 Å². The van der Waals surface area contributed by atoms with Gasteiger partial charge in [0.05, 0.1) is 0 Å². The number of rotatable bonds is 10. The van der Waals surface area contributed by atoms with Crippen LogP contribution in [0.25, 0.3) is 0 Å². The molecule has 0 atom stereocenters. The van der Waals surface area contributed by atoms with Crippen molar-refractivity contribution in [1.29, 1.82) is 0 Å². The molecule has 0 aromatic heterocycles. The van der Waals surface area contributed by atoms with Crippen LogP contribution in [-0.2, 0) is 0 Å². The van der Waals surface area contributed by atoms with E-state index in [1.165, 1.54) is 57.8 Å². The SMILES string of the molecule is CCCCCCCCCCC[SiH2]C. The standard InChI is InChI=1S/C12H28Si/c1-3-4-5-6-7-8-9-10-11-12-13-2/h3-13H2,1-2H3. The van der Waals surface area contributed by atoms with Crippen molar-refractivity contribution in [3.63, 3.8) is 0 Å². The summed E-state index contributed by atoms with van der Waals surface area (Å²) in [6.07, 6.45) is 13.3. The van der Waals surface area contributed by atoms with Crippen molar-refractivity contribution in [2.24, 2.45) is 0 Å². The molecule has 13 heavy (non-hydrogen) atoms. The predicted octanol–water partition coefficient (Wildman–Crippen LogP) is 4.15. The van der Waals surface area contributed by atoms with E-state index in [0.717, 1.165) is 0 Å². The van der Waals surface area contributed by atoms with E-state index in [2.05, 4.69) is 13.5 Å². The van der Waals surface area contributed by atoms with Crippen LogP contribution in [0.5, 0.6) is 0 Å². The Balaban J connectivity index is 2.76. The van der Waals surface area contributed by atoms with E-state index >= 15 is 0 Å². The fourth-order valence-electron chi connectivity index (χ4n) is 1.74. The molecule has 0 N–H and O–H groups in total. The zero-order chi connectivity index (χ0) is 9.78. The quantitative estimate of drug-likeness (QED) is 0.367. The van der Waals surface area contributed by atoms with E-state index in [1.807, 2.05) is 0 Å². The highest BCUT2D eigenvalue weighted by atomic mass is 28.2. The highest BCUT2D eigenvalue weighted by Crippen LogP contribution is 2.10. The van der Waals surface area contributed by atoms with Crippen molar-refractivity contribution in [2.75, 3.05) is 0 Å². The Labute approximate surface area is 87.3 Å². The van der Waals surface area contributed by atoms with Crippen LogP contribution in [0.15, 0.2) is 0 Å². The molecule has 0 spiro atoms. The molecule has 0 nitrogen and oxygen atoms in total. The van der Waals surface area contributed by atoms with Gasteiger partial charge in [0.2, 0.25) is 0 Å². The second-order valence-electron chi connectivity index (χ2n) is 4.18. The molecule has 1 heteroatoms. The monoisotopic (exact) mass is 200 g/mol. The van der Waals surface area contributed by atoms with Crippen LogP contribution in [0.1, 0.15) is 64.7 Å². The predicted molar refractivity (Wildman–Crippen MR) is 66.4 cm³/mol. The largest absolute Gasteiger partial charge is 0.0748 e. The van der Waals surface area contributed by atoms with Gasteiger partial charge >= 0.3 is 0 Å². The molecular weight excluding hydrogens is 172 g/mol. The van der Waals surface area contributed by atoms with Crippen LogP contribution in [0, 0.1) is 0 Å². The maximum atomic E-state index is 2.42. The maximum absolute atomic E-state index is 2.42. The third-order valence-electron chi connectivity index (χ3n) is 2.71. The minimum atomic E-state index is 0.363. The van der Waals surface area contributed by atoms with Crippen LogP contribution in [-0.4, -0.2) is 9.52 Å². The molecule has 0 amide bonds. The lowest BCUT2D eigenvalue weighted by molar-refractivity contribution is 0.572. The first-order chi connectivity index (χ1) is 6.41. The van der Waals surface area contributed by atoms with Crippen molar-refractivity contribution in [1.82, 2.24) is 0 Å². The Kier molecular flexibility index (Phi) is 12.4. The van der Waals surface area contributed by atoms with E-state index in [0.29, 0.717) is 9.52 Å². The first kappa shape index (κ1) is 13.2. The van der Waals surface area contributed by atoms with E-state index in [-0.39, 0.29) is 0 Å². The van der Waals surface area contributed by atoms with Crippen molar-refractivity contribution in [2.45, 2.75) is 77.3 Å². The normalized spacial score (nSPS) is 11.5. The molecule has 0 aliphatic heterocycles. The molecule has 0 aromatic rings. The zero-order valence-corrected chi connectivity index (χ0v) is 11.2. The van der Waals surface area contributed by atoms with Crippen molar-refractivity contribution >= 4 is 9.52 Å². The zero-order valence-electron chi connectivity index (χ0n) is 9.78. The van der Waals surface area contributed by atoms with Gasteiger partial charge in [-0.1, -0.05) is 77.3 Å². The van der Waals surface area contributed by atoms with E-state index in [4.69, 9.17) is 0 Å². The molecule has 0 rings (SSSR count). The van der Waals surface area contributed by atoms with Gasteiger partial charge < -0.3 is 0 Å². The van der Waals surface area contributed by atoms with Crippen LogP contribution in [0.4, 0.5) is 0 Å². The molecule has 80 valence electrons. The molecule has 0 saturated heterocycles. The second kappa shape index (κ2) is 12.2. The molecule has 0 aliphatic carbocycles. The van der Waals surface area contributed by atoms with Gasteiger partial charge in [0.15, 0.2) is 0 Å². The number of hydrogen-bond acceptors (Lipinski definition) is 0. The molecule has 0 radical (unpaired) electrons. The molecule has 0 bridgehead atoms. The second-order valence-corrected chi connectivity index (χ2v) is 5.89. The number of hydrogen-bond donors (Lipinski definition) is 0. The summed E-state index contributed by atoms with van der Waals surface area (Å²) in [5.74, 6) is 0. The van der Waals surface area contributed by atoms with Crippen LogP contribution in [0.2, 0.25) is 12.6 Å². The summed E-state index contributed by atoms with van der Waals surface area (Å²) in [7, 11) is 0.363. The summed E-state index contributed by atoms with van der Waals surface area (Å²) < 4.78 is 0. The third kappa shape index (κ3) is 12.2. The summed E-state index contributed by atoms with van der Waals surface area (Å²) in [6.45, 7) is 4.71. The Hall–Kier alpha value is 0.217. The van der Waals surface area contributed by atoms with Gasteiger partial charge in [-0.15, -0.1) is 0 Å². The molecule has 0 fully saturated rings. The van der Waals surface area contributed by atoms with Gasteiger partial charge in [-0.3, -0.25) is 0 Å². The Morgan fingerprint density at radius 3 is 1.62 bits per heavy atom. The summed E-state index contributed by atoms with van der Waals surface area (Å²) in [6, 6.07) is 1.58. The summed E-state index contributed by atoms with van der Waals surface area (Å²) in [4.78, 5) is 0. The lowest BCUT2D eigenvalue weighted by atomic mass is 10.1. The molecular formula is C12H28Si. The molecule has 0 saturated carbocycles. The fraction of sp³-hybridized carbons (Fsp3) is 1.00. The highest BCUT2D eigenvalue weighted by Gasteiger charge is 1.91. The first-order valence-corrected chi connectivity index (χ1v) is 8.83. The van der Waals surface area contributed by atoms with Gasteiger partial charge in [-0.2, -0.15) is 0 Å². The van der Waals surface area contributed by atoms with Crippen LogP contribution in [0.3, 0.4) is 0 Å². The maximum Gasteiger partial charge on any atom is 0.0166 e. The topological polar surface area (TPSA) is 0 Å². The molecule has 0 unspecified atom stereocenters. The fourth-order valence-corrected chi connectivity index (χ4v) is 2.59. The lowest BCUT2D eigenvalue weighted by Gasteiger charge is -2.00. The van der Waals surface area contributed by atoms with Gasteiger partial charge in [0.1, 0.15) is 0 Å². The van der Waals surface area contributed by atoms with Gasteiger partial charge in [0.25, 0.3) is 0 Å². The van der Waals surface area contributed by atoms with E-state index in [9.17, 15) is 0 Å². The Bertz CT molecular complexity index is 71.2. The van der Waals surface area contributed by atoms with Crippen molar-refractivity contribution in [3.8, 4) is 0 Å². The van der Waals surface area contributed by atoms with Gasteiger partial charge in [0, 0.05) is 9.52 Å². The van der Waals surface area contributed by atoms with Crippen molar-refractivity contribution < 1.29 is 0 Å². The van der Waals surface area contributed by atoms with Gasteiger partial charge in [-0.05, 0) is 0 Å². The highest BCUT2D eigenvalue weighted by molar-refractivity contribution is 6.33. The Morgan fingerprint density at radius 1 is 0.692 bits per heavy atom. The first-order valence-electron chi connectivity index (χ1n) is 6.41.